The van der Waals surface area contributed by atoms with E-state index in [4.69, 9.17) is 30.6 Å². The van der Waals surface area contributed by atoms with Crippen molar-refractivity contribution in [2.24, 2.45) is 0 Å². The second kappa shape index (κ2) is 16.8. The minimum absolute atomic E-state index is 0.0891. The third-order valence-electron chi connectivity index (χ3n) is 5.70. The summed E-state index contributed by atoms with van der Waals surface area (Å²) in [7, 11) is 0. The fourth-order valence-corrected chi connectivity index (χ4v) is 3.59. The number of para-hydroxylation sites is 1. The summed E-state index contributed by atoms with van der Waals surface area (Å²) < 4.78 is 0. The number of phenolic OH excluding ortho intramolecular Hbond substituents is 6. The molecule has 6 rings (SSSR count). The second-order valence-electron chi connectivity index (χ2n) is 8.80. The molecule has 43 heavy (non-hydrogen) atoms. The van der Waals surface area contributed by atoms with E-state index in [0.29, 0.717) is 10.8 Å². The molecule has 0 saturated heterocycles. The molecule has 6 aromatic carbocycles. The molecule has 0 amide bonds. The third kappa shape index (κ3) is 10.7. The molecule has 9 nitrogen and oxygen atoms in total. The molecule has 0 heterocycles. The molecule has 0 unspecified atom stereocenters. The van der Waals surface area contributed by atoms with E-state index in [-0.39, 0.29) is 40.6 Å². The lowest BCUT2D eigenvalue weighted by Gasteiger charge is -2.01. The lowest BCUT2D eigenvalue weighted by molar-refractivity contribution is -0.191. The summed E-state index contributed by atoms with van der Waals surface area (Å²) in [6, 6.07) is 34.5. The van der Waals surface area contributed by atoms with E-state index in [1.807, 2.05) is 66.7 Å². The first-order valence-electron chi connectivity index (χ1n) is 12.7. The van der Waals surface area contributed by atoms with Crippen molar-refractivity contribution in [2.45, 2.75) is 6.92 Å². The monoisotopic (exact) mass is 581 g/mol. The summed E-state index contributed by atoms with van der Waals surface area (Å²) in [5, 5.41) is 58.0. The van der Waals surface area contributed by atoms with E-state index >= 15 is 0 Å². The van der Waals surface area contributed by atoms with Crippen LogP contribution >= 0.6 is 0 Å². The van der Waals surface area contributed by atoms with Crippen LogP contribution in [-0.4, -0.2) is 36.8 Å². The summed E-state index contributed by atoms with van der Waals surface area (Å²) in [5.41, 5.74) is 6.95. The summed E-state index contributed by atoms with van der Waals surface area (Å²) >= 11 is 0. The number of hydrogen-bond donors (Lipinski definition) is 7. The molecular formula is C34H31NO8. The van der Waals surface area contributed by atoms with E-state index in [9.17, 15) is 15.3 Å². The maximum atomic E-state index is 9.39. The van der Waals surface area contributed by atoms with Gasteiger partial charge in [-0.05, 0) is 54.3 Å². The number of nitrogens with two attached hydrogens (primary N) is 1. The average Bonchev–Trinajstić information content (AvgIpc) is 2.99. The van der Waals surface area contributed by atoms with Gasteiger partial charge in [0.25, 0.3) is 0 Å². The number of rotatable bonds is 0. The number of benzene rings is 6. The highest BCUT2D eigenvalue weighted by Gasteiger charge is 2.02. The number of hydrogen-bond acceptors (Lipinski definition) is 9. The molecule has 6 aromatic rings. The molecule has 8 N–H and O–H groups in total. The summed E-state index contributed by atoms with van der Waals surface area (Å²) in [5.74, 6) is 0.830. The standard InChI is InChI=1S/2C10H8O2.C7H8O2.C6H7N.CO2/c11-8-5-7-3-1-2-4-9(7)10(12)6-8;11-9-5-6-10(12)8-4-2-1-3-7(8)9;1-5-2-3-6(8)4-7(5)9;7-6-4-2-1-3-5-6;2-1-3/h2*1-6,11-12H;2-4,8-9H,1H3;1-5H,7H2;. The maximum Gasteiger partial charge on any atom is 0.373 e. The van der Waals surface area contributed by atoms with Crippen LogP contribution in [0.4, 0.5) is 5.69 Å². The van der Waals surface area contributed by atoms with Gasteiger partial charge in [0.15, 0.2) is 0 Å². The molecule has 0 aromatic heterocycles. The highest BCUT2D eigenvalue weighted by molar-refractivity contribution is 5.92. The fourth-order valence-electron chi connectivity index (χ4n) is 3.59. The zero-order chi connectivity index (χ0) is 31.8. The van der Waals surface area contributed by atoms with E-state index in [0.717, 1.165) is 22.0 Å². The van der Waals surface area contributed by atoms with Crippen molar-refractivity contribution in [3.63, 3.8) is 0 Å². The van der Waals surface area contributed by atoms with Crippen LogP contribution in [0.5, 0.6) is 34.5 Å². The fraction of sp³-hybridized carbons (Fsp3) is 0.0294. The van der Waals surface area contributed by atoms with Gasteiger partial charge in [0, 0.05) is 34.0 Å². The Hall–Kier alpha value is -6.18. The van der Waals surface area contributed by atoms with Gasteiger partial charge in [0.05, 0.1) is 0 Å². The molecule has 0 atom stereocenters. The van der Waals surface area contributed by atoms with E-state index < -0.39 is 0 Å². The first-order valence-corrected chi connectivity index (χ1v) is 12.7. The Morgan fingerprint density at radius 3 is 1.42 bits per heavy atom. The van der Waals surface area contributed by atoms with Gasteiger partial charge >= 0.3 is 6.15 Å². The minimum atomic E-state index is 0.0891. The van der Waals surface area contributed by atoms with Crippen LogP contribution in [0.3, 0.4) is 0 Å². The van der Waals surface area contributed by atoms with Gasteiger partial charge in [-0.15, -0.1) is 0 Å². The van der Waals surface area contributed by atoms with Gasteiger partial charge in [-0.25, -0.2) is 0 Å². The molecule has 0 radical (unpaired) electrons. The molecular weight excluding hydrogens is 550 g/mol. The van der Waals surface area contributed by atoms with Crippen LogP contribution in [0, 0.1) is 6.92 Å². The predicted molar refractivity (Wildman–Crippen MR) is 165 cm³/mol. The van der Waals surface area contributed by atoms with Crippen LogP contribution in [0.1, 0.15) is 5.56 Å². The largest absolute Gasteiger partial charge is 0.508 e. The molecule has 0 aliphatic carbocycles. The number of carbonyl (C=O) groups excluding carboxylic acids is 2. The average molecular weight is 582 g/mol. The van der Waals surface area contributed by atoms with Gasteiger partial charge in [-0.1, -0.05) is 72.8 Å². The summed E-state index contributed by atoms with van der Waals surface area (Å²) in [6.45, 7) is 1.77. The predicted octanol–water partition coefficient (Wildman–Crippen LogP) is 6.59. The van der Waals surface area contributed by atoms with Crippen molar-refractivity contribution >= 4 is 33.4 Å². The molecule has 0 fully saturated rings. The van der Waals surface area contributed by atoms with Crippen LogP contribution in [0.2, 0.25) is 0 Å². The minimum Gasteiger partial charge on any atom is -0.508 e. The zero-order valence-corrected chi connectivity index (χ0v) is 23.1. The van der Waals surface area contributed by atoms with Crippen LogP contribution < -0.4 is 5.73 Å². The Morgan fingerprint density at radius 1 is 0.488 bits per heavy atom. The van der Waals surface area contributed by atoms with Crippen LogP contribution in [-0.2, 0) is 9.59 Å². The Kier molecular flexibility index (Phi) is 12.9. The Labute approximate surface area is 247 Å². The van der Waals surface area contributed by atoms with E-state index in [1.54, 1.807) is 31.2 Å². The van der Waals surface area contributed by atoms with Crippen LogP contribution in [0.25, 0.3) is 21.5 Å². The normalized spacial score (nSPS) is 9.33. The summed E-state index contributed by atoms with van der Waals surface area (Å²) in [4.78, 5) is 16.2. The van der Waals surface area contributed by atoms with Crippen molar-refractivity contribution in [3.05, 3.63) is 127 Å². The van der Waals surface area contributed by atoms with Crippen molar-refractivity contribution in [2.75, 3.05) is 5.73 Å². The van der Waals surface area contributed by atoms with Crippen molar-refractivity contribution in [3.8, 4) is 34.5 Å². The second-order valence-corrected chi connectivity index (χ2v) is 8.80. The first kappa shape index (κ1) is 33.0. The number of fused-ring (bicyclic) bond motifs is 2. The van der Waals surface area contributed by atoms with Gasteiger partial charge in [-0.2, -0.15) is 9.59 Å². The molecule has 0 aliphatic rings. The molecule has 220 valence electrons. The van der Waals surface area contributed by atoms with E-state index in [1.165, 1.54) is 30.3 Å². The maximum absolute atomic E-state index is 9.39. The van der Waals surface area contributed by atoms with Crippen molar-refractivity contribution < 1.29 is 40.2 Å². The number of aryl methyl sites for hydroxylation is 1. The Bertz CT molecular complexity index is 1740. The Morgan fingerprint density at radius 2 is 0.953 bits per heavy atom. The lowest BCUT2D eigenvalue weighted by Crippen LogP contribution is -1.79. The SMILES string of the molecule is Cc1ccc(O)cc1O.Nc1ccccc1.O=C=O.Oc1cc(O)c2ccccc2c1.Oc1ccc(O)c2ccccc12. The van der Waals surface area contributed by atoms with Gasteiger partial charge in [-0.3, -0.25) is 0 Å². The van der Waals surface area contributed by atoms with Crippen LogP contribution in [0.15, 0.2) is 121 Å². The lowest BCUT2D eigenvalue weighted by atomic mass is 10.1. The number of nitrogen functional groups attached to an aromatic ring is 1. The topological polar surface area (TPSA) is 182 Å². The van der Waals surface area contributed by atoms with Crippen molar-refractivity contribution in [1.82, 2.24) is 0 Å². The highest BCUT2D eigenvalue weighted by Crippen LogP contribution is 2.31. The highest BCUT2D eigenvalue weighted by atomic mass is 16.3. The Balaban J connectivity index is 0.000000198. The van der Waals surface area contributed by atoms with Gasteiger partial charge < -0.3 is 36.4 Å². The zero-order valence-electron chi connectivity index (χ0n) is 23.1. The summed E-state index contributed by atoms with van der Waals surface area (Å²) in [6.07, 6.45) is 0.250. The van der Waals surface area contributed by atoms with E-state index in [2.05, 4.69) is 0 Å². The quantitative estimate of drug-likeness (QED) is 0.0768. The van der Waals surface area contributed by atoms with Gasteiger partial charge in [0.1, 0.15) is 34.5 Å². The number of anilines is 1. The third-order valence-corrected chi connectivity index (χ3v) is 5.70. The first-order chi connectivity index (χ1) is 20.6. The molecule has 9 heteroatoms. The molecule has 0 spiro atoms. The molecule has 0 bridgehead atoms. The van der Waals surface area contributed by atoms with Crippen molar-refractivity contribution in [1.29, 1.82) is 0 Å². The molecule has 0 aliphatic heterocycles. The van der Waals surface area contributed by atoms with Gasteiger partial charge in [0.2, 0.25) is 0 Å². The smallest absolute Gasteiger partial charge is 0.373 e. The number of phenols is 6. The molecule has 0 saturated carbocycles. The number of aromatic hydroxyl groups is 6.